The second kappa shape index (κ2) is 8.63. The van der Waals surface area contributed by atoms with Crippen molar-refractivity contribution < 1.29 is 9.53 Å². The number of benzene rings is 2. The Balaban J connectivity index is 1.71. The van der Waals surface area contributed by atoms with Gasteiger partial charge in [0.25, 0.3) is 0 Å². The van der Waals surface area contributed by atoms with Gasteiger partial charge in [0.1, 0.15) is 5.75 Å². The fourth-order valence-corrected chi connectivity index (χ4v) is 3.96. The summed E-state index contributed by atoms with van der Waals surface area (Å²) in [5.74, 6) is 0.721. The SMILES string of the molecule is COc1ccc(-n2ccnc2SC(C)C(=O)Nc2ccc(C)cc2Br)cc1. The molecule has 1 N–H and O–H groups in total. The topological polar surface area (TPSA) is 56.2 Å². The van der Waals surface area contributed by atoms with Crippen LogP contribution in [-0.2, 0) is 4.79 Å². The molecular weight excluding hydrogens is 426 g/mol. The molecule has 1 amide bonds. The predicted octanol–water partition coefficient (Wildman–Crippen LogP) is 5.07. The van der Waals surface area contributed by atoms with Crippen LogP contribution < -0.4 is 10.1 Å². The summed E-state index contributed by atoms with van der Waals surface area (Å²) in [7, 11) is 1.64. The van der Waals surface area contributed by atoms with E-state index in [2.05, 4.69) is 26.2 Å². The molecule has 0 radical (unpaired) electrons. The van der Waals surface area contributed by atoms with Crippen LogP contribution in [0.4, 0.5) is 5.69 Å². The molecule has 0 spiro atoms. The average Bonchev–Trinajstić information content (AvgIpc) is 3.12. The molecule has 5 nitrogen and oxygen atoms in total. The summed E-state index contributed by atoms with van der Waals surface area (Å²) in [5.41, 5.74) is 2.85. The molecule has 3 aromatic rings. The molecule has 0 saturated heterocycles. The third-order valence-electron chi connectivity index (χ3n) is 3.99. The smallest absolute Gasteiger partial charge is 0.237 e. The van der Waals surface area contributed by atoms with Crippen LogP contribution in [0.15, 0.2) is 64.5 Å². The summed E-state index contributed by atoms with van der Waals surface area (Å²) in [6.07, 6.45) is 3.61. The van der Waals surface area contributed by atoms with Gasteiger partial charge < -0.3 is 10.1 Å². The number of carbonyl (C=O) groups is 1. The first-order valence-corrected chi connectivity index (χ1v) is 10.1. The zero-order valence-corrected chi connectivity index (χ0v) is 17.7. The number of rotatable bonds is 6. The molecule has 7 heteroatoms. The van der Waals surface area contributed by atoms with E-state index in [4.69, 9.17) is 4.74 Å². The van der Waals surface area contributed by atoms with E-state index in [-0.39, 0.29) is 11.2 Å². The molecule has 1 aromatic heterocycles. The van der Waals surface area contributed by atoms with Crippen LogP contribution in [0, 0.1) is 6.92 Å². The number of ether oxygens (including phenoxy) is 1. The van der Waals surface area contributed by atoms with Gasteiger partial charge in [-0.2, -0.15) is 0 Å². The molecule has 1 heterocycles. The molecule has 140 valence electrons. The lowest BCUT2D eigenvalue weighted by atomic mass is 10.2. The number of nitrogens with zero attached hydrogens (tertiary/aromatic N) is 2. The number of amides is 1. The Morgan fingerprint density at radius 1 is 1.26 bits per heavy atom. The number of anilines is 1. The number of nitrogens with one attached hydrogen (secondary N) is 1. The highest BCUT2D eigenvalue weighted by Crippen LogP contribution is 2.28. The number of hydrogen-bond acceptors (Lipinski definition) is 4. The standard InChI is InChI=1S/C20H20BrN3O2S/c1-13-4-9-18(17(21)12-13)23-19(25)14(2)27-20-22-10-11-24(20)15-5-7-16(26-3)8-6-15/h4-12,14H,1-3H3,(H,23,25). The molecule has 0 saturated carbocycles. The largest absolute Gasteiger partial charge is 0.497 e. The number of aromatic nitrogens is 2. The highest BCUT2D eigenvalue weighted by molar-refractivity contribution is 9.10. The van der Waals surface area contributed by atoms with Gasteiger partial charge in [-0.05, 0) is 71.7 Å². The van der Waals surface area contributed by atoms with Crippen LogP contribution in [0.3, 0.4) is 0 Å². The number of aryl methyl sites for hydroxylation is 1. The van der Waals surface area contributed by atoms with E-state index in [1.165, 1.54) is 11.8 Å². The Morgan fingerprint density at radius 2 is 2.00 bits per heavy atom. The monoisotopic (exact) mass is 445 g/mol. The predicted molar refractivity (Wildman–Crippen MR) is 113 cm³/mol. The van der Waals surface area contributed by atoms with Crippen LogP contribution >= 0.6 is 27.7 Å². The van der Waals surface area contributed by atoms with Crippen LogP contribution in [0.25, 0.3) is 5.69 Å². The van der Waals surface area contributed by atoms with Crippen LogP contribution in [0.2, 0.25) is 0 Å². The number of methoxy groups -OCH3 is 1. The summed E-state index contributed by atoms with van der Waals surface area (Å²) in [5, 5.41) is 3.41. The Morgan fingerprint density at radius 3 is 2.67 bits per heavy atom. The molecule has 0 aliphatic rings. The van der Waals surface area contributed by atoms with Gasteiger partial charge >= 0.3 is 0 Å². The second-order valence-corrected chi connectivity index (χ2v) is 8.17. The molecule has 1 unspecified atom stereocenters. The first-order chi connectivity index (χ1) is 13.0. The van der Waals surface area contributed by atoms with Gasteiger partial charge in [0, 0.05) is 22.6 Å². The summed E-state index contributed by atoms with van der Waals surface area (Å²) in [4.78, 5) is 17.0. The summed E-state index contributed by atoms with van der Waals surface area (Å²) in [6.45, 7) is 3.88. The van der Waals surface area contributed by atoms with Crippen molar-refractivity contribution in [2.75, 3.05) is 12.4 Å². The number of imidazole rings is 1. The van der Waals surface area contributed by atoms with Crippen molar-refractivity contribution in [1.82, 2.24) is 9.55 Å². The van der Waals surface area contributed by atoms with Crippen molar-refractivity contribution in [3.63, 3.8) is 0 Å². The lowest BCUT2D eigenvalue weighted by molar-refractivity contribution is -0.115. The normalized spacial score (nSPS) is 11.9. The third kappa shape index (κ3) is 4.73. The minimum absolute atomic E-state index is 0.0752. The van der Waals surface area contributed by atoms with Gasteiger partial charge in [-0.1, -0.05) is 17.8 Å². The number of halogens is 1. The van der Waals surface area contributed by atoms with Gasteiger partial charge in [0.15, 0.2) is 5.16 Å². The molecule has 1 atom stereocenters. The molecular formula is C20H20BrN3O2S. The van der Waals surface area contributed by atoms with E-state index >= 15 is 0 Å². The second-order valence-electron chi connectivity index (χ2n) is 6.01. The molecule has 2 aromatic carbocycles. The van der Waals surface area contributed by atoms with Crippen molar-refractivity contribution >= 4 is 39.3 Å². The Labute approximate surface area is 171 Å². The first-order valence-electron chi connectivity index (χ1n) is 8.39. The Hall–Kier alpha value is -2.25. The minimum atomic E-state index is -0.308. The van der Waals surface area contributed by atoms with Crippen molar-refractivity contribution in [3.05, 3.63) is 64.9 Å². The first kappa shape index (κ1) is 19.5. The molecule has 3 rings (SSSR count). The highest BCUT2D eigenvalue weighted by atomic mass is 79.9. The Kier molecular flexibility index (Phi) is 6.23. The van der Waals surface area contributed by atoms with Gasteiger partial charge in [-0.3, -0.25) is 9.36 Å². The van der Waals surface area contributed by atoms with E-state index in [1.807, 2.05) is 67.1 Å². The van der Waals surface area contributed by atoms with Gasteiger partial charge in [0.2, 0.25) is 5.91 Å². The Bertz CT molecular complexity index is 941. The molecule has 0 aliphatic heterocycles. The fourth-order valence-electron chi connectivity index (χ4n) is 2.48. The zero-order valence-electron chi connectivity index (χ0n) is 15.3. The van der Waals surface area contributed by atoms with Crippen molar-refractivity contribution in [1.29, 1.82) is 0 Å². The molecule has 0 fully saturated rings. The van der Waals surface area contributed by atoms with E-state index in [9.17, 15) is 4.79 Å². The average molecular weight is 446 g/mol. The van der Waals surface area contributed by atoms with E-state index in [1.54, 1.807) is 13.3 Å². The number of hydrogen-bond donors (Lipinski definition) is 1. The minimum Gasteiger partial charge on any atom is -0.497 e. The third-order valence-corrected chi connectivity index (χ3v) is 5.73. The van der Waals surface area contributed by atoms with Gasteiger partial charge in [-0.25, -0.2) is 4.98 Å². The summed E-state index contributed by atoms with van der Waals surface area (Å²) < 4.78 is 8.02. The molecule has 0 aliphatic carbocycles. The van der Waals surface area contributed by atoms with Crippen molar-refractivity contribution in [2.24, 2.45) is 0 Å². The number of carbonyl (C=O) groups excluding carboxylic acids is 1. The lowest BCUT2D eigenvalue weighted by Crippen LogP contribution is -2.23. The molecule has 27 heavy (non-hydrogen) atoms. The zero-order chi connectivity index (χ0) is 19.4. The summed E-state index contributed by atoms with van der Waals surface area (Å²) in [6, 6.07) is 13.5. The van der Waals surface area contributed by atoms with E-state index in [0.29, 0.717) is 0 Å². The maximum Gasteiger partial charge on any atom is 0.237 e. The lowest BCUT2D eigenvalue weighted by Gasteiger charge is -2.14. The van der Waals surface area contributed by atoms with Crippen LogP contribution in [-0.4, -0.2) is 27.8 Å². The fraction of sp³-hybridized carbons (Fsp3) is 0.200. The van der Waals surface area contributed by atoms with Crippen LogP contribution in [0.5, 0.6) is 5.75 Å². The van der Waals surface area contributed by atoms with E-state index < -0.39 is 0 Å². The molecule has 0 bridgehead atoms. The van der Waals surface area contributed by atoms with E-state index in [0.717, 1.165) is 32.3 Å². The maximum atomic E-state index is 12.6. The highest BCUT2D eigenvalue weighted by Gasteiger charge is 2.18. The number of thioether (sulfide) groups is 1. The summed E-state index contributed by atoms with van der Waals surface area (Å²) >= 11 is 4.90. The quantitative estimate of drug-likeness (QED) is 0.537. The van der Waals surface area contributed by atoms with Crippen molar-refractivity contribution in [3.8, 4) is 11.4 Å². The van der Waals surface area contributed by atoms with Gasteiger partial charge in [0.05, 0.1) is 18.0 Å². The van der Waals surface area contributed by atoms with Gasteiger partial charge in [-0.15, -0.1) is 0 Å². The van der Waals surface area contributed by atoms with Crippen molar-refractivity contribution in [2.45, 2.75) is 24.3 Å². The maximum absolute atomic E-state index is 12.6. The van der Waals surface area contributed by atoms with Crippen LogP contribution in [0.1, 0.15) is 12.5 Å².